The minimum Gasteiger partial charge on any atom is -0.366 e. The van der Waals surface area contributed by atoms with E-state index in [0.29, 0.717) is 37.0 Å². The molecular weight excluding hydrogens is 574 g/mol. The van der Waals surface area contributed by atoms with Crippen LogP contribution in [0.5, 0.6) is 0 Å². The number of benzene rings is 2. The molecule has 3 aliphatic heterocycles. The summed E-state index contributed by atoms with van der Waals surface area (Å²) >= 11 is 6.47. The largest absolute Gasteiger partial charge is 0.366 e. The lowest BCUT2D eigenvalue weighted by molar-refractivity contribution is -0.156. The van der Waals surface area contributed by atoms with Crippen molar-refractivity contribution in [3.05, 3.63) is 64.7 Å². The zero-order valence-corrected chi connectivity index (χ0v) is 26.8. The molecule has 0 aromatic heterocycles. The summed E-state index contributed by atoms with van der Waals surface area (Å²) in [5.74, 6) is 1.04. The van der Waals surface area contributed by atoms with Crippen molar-refractivity contribution in [3.63, 3.8) is 0 Å². The molecule has 4 aliphatic rings. The Hall–Kier alpha value is -3.30. The number of hydrogen-bond donors (Lipinski definition) is 2. The maximum Gasteiger partial charge on any atom is 0.231 e. The van der Waals surface area contributed by atoms with Crippen molar-refractivity contribution in [3.8, 4) is 0 Å². The monoisotopic (exact) mass is 619 g/mol. The molecule has 2 N–H and O–H groups in total. The minimum absolute atomic E-state index is 0.0509. The third kappa shape index (κ3) is 6.69. The van der Waals surface area contributed by atoms with Gasteiger partial charge in [0.15, 0.2) is 6.29 Å². The molecule has 6 rings (SSSR count). The van der Waals surface area contributed by atoms with Gasteiger partial charge < -0.3 is 15.1 Å². The first-order chi connectivity index (χ1) is 21.4. The van der Waals surface area contributed by atoms with E-state index in [1.54, 1.807) is 0 Å². The Balaban J connectivity index is 0.970. The van der Waals surface area contributed by atoms with Gasteiger partial charge in [0.1, 0.15) is 5.84 Å². The number of amidine groups is 1. The molecule has 0 spiro atoms. The number of halogens is 1. The molecule has 4 unspecified atom stereocenters. The highest BCUT2D eigenvalue weighted by atomic mass is 35.5. The van der Waals surface area contributed by atoms with Crippen molar-refractivity contribution in [2.24, 2.45) is 11.0 Å². The number of rotatable bonds is 10. The van der Waals surface area contributed by atoms with E-state index in [-0.39, 0.29) is 30.1 Å². The van der Waals surface area contributed by atoms with Crippen LogP contribution in [0.25, 0.3) is 0 Å². The summed E-state index contributed by atoms with van der Waals surface area (Å²) in [4.78, 5) is 35.7. The minimum atomic E-state index is -0.343. The summed E-state index contributed by atoms with van der Waals surface area (Å²) in [7, 11) is 0. The van der Waals surface area contributed by atoms with E-state index in [0.717, 1.165) is 69.7 Å². The highest BCUT2D eigenvalue weighted by molar-refractivity contribution is 6.31. The van der Waals surface area contributed by atoms with Gasteiger partial charge >= 0.3 is 0 Å². The topological polar surface area (TPSA) is 83.5 Å². The van der Waals surface area contributed by atoms with Crippen LogP contribution in [0.1, 0.15) is 63.0 Å². The highest BCUT2D eigenvalue weighted by Gasteiger charge is 2.50. The first-order valence-electron chi connectivity index (χ1n) is 16.4. The molecule has 3 heterocycles. The molecule has 4 atom stereocenters. The highest BCUT2D eigenvalue weighted by Crippen LogP contribution is 2.38. The molecule has 0 bridgehead atoms. The van der Waals surface area contributed by atoms with Crippen LogP contribution in [-0.2, 0) is 16.1 Å². The normalized spacial score (nSPS) is 25.3. The molecule has 236 valence electrons. The number of carbonyl (C=O) groups excluding carboxylic acids is 2. The van der Waals surface area contributed by atoms with Crippen molar-refractivity contribution in [1.82, 2.24) is 25.4 Å². The Labute approximate surface area is 266 Å². The molecule has 2 saturated heterocycles. The van der Waals surface area contributed by atoms with E-state index in [1.165, 1.54) is 11.3 Å². The van der Waals surface area contributed by atoms with E-state index in [9.17, 15) is 9.59 Å². The molecule has 10 heteroatoms. The van der Waals surface area contributed by atoms with E-state index >= 15 is 0 Å². The number of anilines is 1. The Morgan fingerprint density at radius 2 is 1.95 bits per heavy atom. The lowest BCUT2D eigenvalue weighted by Gasteiger charge is -2.50. The molecule has 3 fully saturated rings. The van der Waals surface area contributed by atoms with Crippen molar-refractivity contribution in [1.29, 1.82) is 0 Å². The molecule has 2 aromatic carbocycles. The molecule has 44 heavy (non-hydrogen) atoms. The molecule has 2 aromatic rings. The van der Waals surface area contributed by atoms with Crippen molar-refractivity contribution in [2.75, 3.05) is 37.6 Å². The second kappa shape index (κ2) is 13.8. The van der Waals surface area contributed by atoms with Gasteiger partial charge in [0.2, 0.25) is 11.8 Å². The van der Waals surface area contributed by atoms with Gasteiger partial charge in [-0.3, -0.25) is 24.8 Å². The SMILES string of the molecule is Cc1cccc(N2CCN(CCCNC(=O)CCC3=NNC4N(Cc5ccccc5Cl)C(=O)C5CCCCC5N34)CC2C)c1. The quantitative estimate of drug-likeness (QED) is 0.380. The summed E-state index contributed by atoms with van der Waals surface area (Å²) in [5.41, 5.74) is 6.76. The van der Waals surface area contributed by atoms with Crippen LogP contribution in [0, 0.1) is 12.8 Å². The summed E-state index contributed by atoms with van der Waals surface area (Å²) < 4.78 is 0. The molecule has 1 aliphatic carbocycles. The van der Waals surface area contributed by atoms with E-state index in [2.05, 4.69) is 68.7 Å². The summed E-state index contributed by atoms with van der Waals surface area (Å²) in [6.45, 7) is 9.62. The number of amides is 2. The summed E-state index contributed by atoms with van der Waals surface area (Å²) in [6, 6.07) is 17.0. The zero-order valence-electron chi connectivity index (χ0n) is 26.1. The molecule has 2 amide bonds. The first kappa shape index (κ1) is 30.7. The van der Waals surface area contributed by atoms with Crippen LogP contribution >= 0.6 is 11.6 Å². The molecule has 9 nitrogen and oxygen atoms in total. The Bertz CT molecular complexity index is 1370. The fourth-order valence-corrected chi connectivity index (χ4v) is 7.68. The van der Waals surface area contributed by atoms with Gasteiger partial charge in [0, 0.05) is 61.8 Å². The Kier molecular flexibility index (Phi) is 9.62. The molecule has 0 radical (unpaired) electrons. The number of hydrazone groups is 1. The van der Waals surface area contributed by atoms with E-state index in [4.69, 9.17) is 11.6 Å². The van der Waals surface area contributed by atoms with Crippen molar-refractivity contribution in [2.45, 2.75) is 83.7 Å². The van der Waals surface area contributed by atoms with Gasteiger partial charge in [-0.1, -0.05) is 54.8 Å². The van der Waals surface area contributed by atoms with Crippen LogP contribution in [0.15, 0.2) is 53.6 Å². The number of nitrogens with zero attached hydrogens (tertiary/aromatic N) is 5. The third-order valence-electron chi connectivity index (χ3n) is 9.75. The lowest BCUT2D eigenvalue weighted by atomic mass is 9.80. The van der Waals surface area contributed by atoms with Crippen LogP contribution in [0.4, 0.5) is 5.69 Å². The predicted molar refractivity (Wildman–Crippen MR) is 175 cm³/mol. The number of carbonyl (C=O) groups is 2. The zero-order chi connectivity index (χ0) is 30.6. The Morgan fingerprint density at radius 1 is 1.11 bits per heavy atom. The molecular formula is C34H46ClN7O2. The average molecular weight is 620 g/mol. The van der Waals surface area contributed by atoms with Gasteiger partial charge in [-0.15, -0.1) is 0 Å². The standard InChI is InChI=1S/C34H46ClN7O2/c1-24-9-7-11-27(21-24)40-20-19-39(22-25(40)2)18-8-17-36-32(43)16-15-31-37-38-34-41(23-26-10-3-5-13-29(26)35)33(44)28-12-4-6-14-30(28)42(31)34/h3,5,7,9-11,13,21,25,28,30,34,38H,4,6,8,12,14-20,22-23H2,1-2H3,(H,36,43). The van der Waals surface area contributed by atoms with Gasteiger partial charge in [-0.25, -0.2) is 0 Å². The number of nitrogens with one attached hydrogen (secondary N) is 2. The average Bonchev–Trinajstić information content (AvgIpc) is 3.45. The van der Waals surface area contributed by atoms with Crippen molar-refractivity contribution >= 4 is 34.9 Å². The number of aryl methyl sites for hydroxylation is 1. The number of fused-ring (bicyclic) bond motifs is 3. The summed E-state index contributed by atoms with van der Waals surface area (Å²) in [6.07, 6.45) is 5.55. The Morgan fingerprint density at radius 3 is 2.77 bits per heavy atom. The van der Waals surface area contributed by atoms with Crippen LogP contribution in [-0.4, -0.2) is 83.4 Å². The second-order valence-corrected chi connectivity index (χ2v) is 13.2. The van der Waals surface area contributed by atoms with Gasteiger partial charge in [-0.2, -0.15) is 5.10 Å². The van der Waals surface area contributed by atoms with Gasteiger partial charge in [0.25, 0.3) is 0 Å². The predicted octanol–water partition coefficient (Wildman–Crippen LogP) is 4.55. The maximum absolute atomic E-state index is 13.7. The number of hydrogen-bond acceptors (Lipinski definition) is 7. The van der Waals surface area contributed by atoms with Crippen LogP contribution in [0.2, 0.25) is 5.02 Å². The van der Waals surface area contributed by atoms with Crippen LogP contribution in [0.3, 0.4) is 0 Å². The summed E-state index contributed by atoms with van der Waals surface area (Å²) in [5, 5.41) is 8.46. The molecule has 1 saturated carbocycles. The second-order valence-electron chi connectivity index (χ2n) is 12.8. The number of piperazine rings is 1. The van der Waals surface area contributed by atoms with Crippen molar-refractivity contribution < 1.29 is 9.59 Å². The van der Waals surface area contributed by atoms with E-state index in [1.807, 2.05) is 29.2 Å². The smallest absolute Gasteiger partial charge is 0.231 e. The fourth-order valence-electron chi connectivity index (χ4n) is 7.48. The first-order valence-corrected chi connectivity index (χ1v) is 16.7. The lowest BCUT2D eigenvalue weighted by Crippen LogP contribution is -2.67. The van der Waals surface area contributed by atoms with Gasteiger partial charge in [-0.05, 0) is 69.0 Å². The van der Waals surface area contributed by atoms with E-state index < -0.39 is 0 Å². The fraction of sp³-hybridized carbons (Fsp3) is 0.559. The van der Waals surface area contributed by atoms with Gasteiger partial charge in [0.05, 0.1) is 12.5 Å². The third-order valence-corrected chi connectivity index (χ3v) is 10.1. The van der Waals surface area contributed by atoms with Crippen LogP contribution < -0.4 is 15.6 Å². The maximum atomic E-state index is 13.7.